The lowest BCUT2D eigenvalue weighted by molar-refractivity contribution is -0.432. The van der Waals surface area contributed by atoms with Crippen molar-refractivity contribution in [3.05, 3.63) is 72.8 Å². The van der Waals surface area contributed by atoms with Gasteiger partial charge in [-0.2, -0.15) is 21.9 Å². The van der Waals surface area contributed by atoms with Crippen molar-refractivity contribution in [3.8, 4) is 5.75 Å². The van der Waals surface area contributed by atoms with Crippen LogP contribution in [0.5, 0.6) is 5.75 Å². The van der Waals surface area contributed by atoms with Crippen molar-refractivity contribution in [1.82, 2.24) is 0 Å². The molecule has 5 aromatic rings. The maximum Gasteiger partial charge on any atom is 0.296 e. The van der Waals surface area contributed by atoms with Gasteiger partial charge in [0.1, 0.15) is 10.6 Å². The molecule has 0 saturated carbocycles. The van der Waals surface area contributed by atoms with Gasteiger partial charge in [0.25, 0.3) is 20.2 Å². The van der Waals surface area contributed by atoms with Crippen molar-refractivity contribution < 1.29 is 60.3 Å². The predicted molar refractivity (Wildman–Crippen MR) is 170 cm³/mol. The van der Waals surface area contributed by atoms with Crippen LogP contribution < -0.4 is 5.73 Å². The van der Waals surface area contributed by atoms with Gasteiger partial charge in [0.05, 0.1) is 56.6 Å². The Morgan fingerprint density at radius 3 is 2.06 bits per heavy atom. The molecule has 0 unspecified atom stereocenters. The first-order chi connectivity index (χ1) is 22.8. The number of nitrogens with two attached hydrogens (primary N) is 1. The lowest BCUT2D eigenvalue weighted by Gasteiger charge is -2.11. The Morgan fingerprint density at radius 2 is 1.38 bits per heavy atom. The maximum absolute atomic E-state index is 12.0. The van der Waals surface area contributed by atoms with E-state index in [9.17, 15) is 31.0 Å². The largest absolute Gasteiger partial charge is 0.505 e. The number of aromatic hydroxyl groups is 1. The molecule has 5 rings (SSSR count). The van der Waals surface area contributed by atoms with Crippen molar-refractivity contribution in [2.24, 2.45) is 20.5 Å². The topological polar surface area (TPSA) is 282 Å². The van der Waals surface area contributed by atoms with Crippen molar-refractivity contribution >= 4 is 94.3 Å². The van der Waals surface area contributed by atoms with Crippen molar-refractivity contribution in [2.45, 2.75) is 19.6 Å². The molecule has 0 aliphatic rings. The fraction of sp³-hybridized carbons (Fsp3) is 0. The molecule has 0 radical (unpaired) electrons. The van der Waals surface area contributed by atoms with E-state index in [1.807, 2.05) is 0 Å². The van der Waals surface area contributed by atoms with Gasteiger partial charge in [0.15, 0.2) is 5.75 Å². The Hall–Kier alpha value is -4.30. The molecule has 0 saturated heterocycles. The van der Waals surface area contributed by atoms with Gasteiger partial charge in [-0.15, -0.1) is 24.0 Å². The van der Waals surface area contributed by atoms with E-state index in [1.54, 1.807) is 24.3 Å². The second kappa shape index (κ2) is 14.4. The lowest BCUT2D eigenvalue weighted by atomic mass is 10.1. The molecule has 22 heteroatoms. The van der Waals surface area contributed by atoms with Gasteiger partial charge < -0.3 is 10.8 Å². The fourth-order valence-electron chi connectivity index (χ4n) is 4.32. The third-order valence-electron chi connectivity index (χ3n) is 6.36. The highest BCUT2D eigenvalue weighted by atomic mass is 32.2. The first kappa shape index (κ1) is 35.0. The fourth-order valence-corrected chi connectivity index (χ4v) is 6.37. The van der Waals surface area contributed by atoms with Gasteiger partial charge in [-0.05, 0) is 66.0 Å². The summed E-state index contributed by atoms with van der Waals surface area (Å²) >= 11 is 1.07. The summed E-state index contributed by atoms with van der Waals surface area (Å²) in [6.07, 6.45) is 0. The molecular weight excluding hydrogens is 719 g/mol. The highest BCUT2D eigenvalue weighted by Gasteiger charge is 2.21. The smallest absolute Gasteiger partial charge is 0.296 e. The Labute approximate surface area is 278 Å². The molecule has 0 aliphatic heterocycles. The monoisotopic (exact) mass is 737 g/mol. The lowest BCUT2D eigenvalue weighted by Crippen LogP contribution is -2.03. The number of nitrogens with zero attached hydrogens (tertiary/aromatic N) is 4. The quantitative estimate of drug-likeness (QED) is 0.0181. The Kier molecular flexibility index (Phi) is 10.5. The van der Waals surface area contributed by atoms with Crippen LogP contribution in [-0.2, 0) is 39.0 Å². The maximum atomic E-state index is 12.0. The molecule has 250 valence electrons. The van der Waals surface area contributed by atoms with Gasteiger partial charge in [-0.25, -0.2) is 10.5 Å². The zero-order valence-electron chi connectivity index (χ0n) is 23.4. The molecule has 0 aliphatic carbocycles. The number of anilines is 1. The van der Waals surface area contributed by atoms with Crippen LogP contribution in [0.25, 0.3) is 21.5 Å². The van der Waals surface area contributed by atoms with Crippen molar-refractivity contribution in [1.29, 1.82) is 0 Å². The Balaban J connectivity index is 1.63. The molecule has 0 atom stereocenters. The SMILES string of the molecule is Nc1cc2c(O)c(N=Nc3ccc(N=Nc4cccc(SOOO)c4)c4ccc(S(=O)(=O)O)cc34)c(SOOO)cc2cc1S(=O)(=O)O. The number of benzene rings is 5. The van der Waals surface area contributed by atoms with Crippen LogP contribution in [0.4, 0.5) is 28.4 Å². The molecule has 0 fully saturated rings. The van der Waals surface area contributed by atoms with Gasteiger partial charge in [-0.3, -0.25) is 9.11 Å². The summed E-state index contributed by atoms with van der Waals surface area (Å²) in [7, 11) is -9.40. The summed E-state index contributed by atoms with van der Waals surface area (Å²) in [6, 6.07) is 16.4. The zero-order valence-corrected chi connectivity index (χ0v) is 26.7. The third-order valence-corrected chi connectivity index (χ3v) is 9.32. The second-order valence-electron chi connectivity index (χ2n) is 9.29. The molecule has 0 aromatic heterocycles. The van der Waals surface area contributed by atoms with E-state index in [2.05, 4.69) is 39.2 Å². The normalized spacial score (nSPS) is 12.6. The third kappa shape index (κ3) is 7.87. The first-order valence-electron chi connectivity index (χ1n) is 12.6. The number of hydrogen-bond donors (Lipinski definition) is 6. The number of nitrogen functional groups attached to an aromatic ring is 1. The Bertz CT molecular complexity index is 2320. The van der Waals surface area contributed by atoms with Gasteiger partial charge >= 0.3 is 0 Å². The Morgan fingerprint density at radius 1 is 0.688 bits per heavy atom. The van der Waals surface area contributed by atoms with Crippen LogP contribution >= 0.6 is 24.1 Å². The van der Waals surface area contributed by atoms with Crippen molar-refractivity contribution in [3.63, 3.8) is 0 Å². The van der Waals surface area contributed by atoms with E-state index in [0.29, 0.717) is 40.1 Å². The summed E-state index contributed by atoms with van der Waals surface area (Å²) < 4.78 is 75.6. The molecule has 48 heavy (non-hydrogen) atoms. The van der Waals surface area contributed by atoms with E-state index < -0.39 is 35.8 Å². The standard InChI is InChI=1S/C26H19N5O13S4/c27-20-12-18-13(9-24(20)48(38,39)40)8-23(46-44-42-34)25(26(18)32)31-30-22-7-6-21(17-5-4-16(11-19(17)22)47(35,36)37)29-28-14-2-1-3-15(10-14)45-43-41-33/h1-12,32-34H,27H2,(H,35,36,37)(H,38,39,40). The van der Waals surface area contributed by atoms with Crippen LogP contribution in [0.3, 0.4) is 0 Å². The predicted octanol–water partition coefficient (Wildman–Crippen LogP) is 7.46. The summed E-state index contributed by atoms with van der Waals surface area (Å²) in [4.78, 5) is -0.645. The van der Waals surface area contributed by atoms with E-state index in [1.165, 1.54) is 24.3 Å². The summed E-state index contributed by atoms with van der Waals surface area (Å²) in [5.74, 6) is -0.571. The highest BCUT2D eigenvalue weighted by Crippen LogP contribution is 2.46. The molecule has 0 bridgehead atoms. The van der Waals surface area contributed by atoms with Gasteiger partial charge in [-0.1, -0.05) is 22.2 Å². The summed E-state index contributed by atoms with van der Waals surface area (Å²) in [6.45, 7) is 0. The van der Waals surface area contributed by atoms with Crippen LogP contribution in [0.1, 0.15) is 0 Å². The number of azo groups is 2. The first-order valence-corrected chi connectivity index (χ1v) is 17.0. The minimum absolute atomic E-state index is 0.00434. The molecular formula is C26H19N5O13S4. The van der Waals surface area contributed by atoms with Crippen molar-refractivity contribution in [2.75, 3.05) is 5.73 Å². The number of fused-ring (bicyclic) bond motifs is 2. The van der Waals surface area contributed by atoms with Crippen LogP contribution in [0.15, 0.2) is 113 Å². The zero-order chi connectivity index (χ0) is 34.6. The minimum Gasteiger partial charge on any atom is -0.505 e. The molecule has 18 nitrogen and oxygen atoms in total. The van der Waals surface area contributed by atoms with E-state index >= 15 is 0 Å². The van der Waals surface area contributed by atoms with E-state index in [0.717, 1.165) is 24.3 Å². The van der Waals surface area contributed by atoms with Crippen LogP contribution in [-0.4, -0.2) is 41.6 Å². The molecule has 5 aromatic carbocycles. The number of hydrogen-bond acceptors (Lipinski definition) is 18. The van der Waals surface area contributed by atoms with Gasteiger partial charge in [0.2, 0.25) is 0 Å². The summed E-state index contributed by atoms with van der Waals surface area (Å²) in [5.41, 5.74) is 5.80. The number of rotatable bonds is 12. The average molecular weight is 738 g/mol. The number of phenolic OH excluding ortho intramolecular Hbond substituents is 1. The molecule has 0 amide bonds. The van der Waals surface area contributed by atoms with Crippen LogP contribution in [0, 0.1) is 0 Å². The second-order valence-corrected chi connectivity index (χ2v) is 13.6. The van der Waals surface area contributed by atoms with E-state index in [4.69, 9.17) is 16.2 Å². The van der Waals surface area contributed by atoms with E-state index in [-0.39, 0.29) is 43.8 Å². The molecule has 0 heterocycles. The minimum atomic E-state index is -4.73. The highest BCUT2D eigenvalue weighted by molar-refractivity contribution is 7.95. The molecule has 0 spiro atoms. The number of phenols is 1. The van der Waals surface area contributed by atoms with Gasteiger partial charge in [0, 0.05) is 21.1 Å². The average Bonchev–Trinajstić information content (AvgIpc) is 3.04. The molecule has 7 N–H and O–H groups in total. The van der Waals surface area contributed by atoms with Crippen LogP contribution in [0.2, 0.25) is 0 Å². The summed E-state index contributed by atoms with van der Waals surface area (Å²) in [5, 5.41) is 52.6.